The number of amides is 1. The van der Waals surface area contributed by atoms with E-state index < -0.39 is 5.97 Å². The Bertz CT molecular complexity index is 479. The molecule has 20 heavy (non-hydrogen) atoms. The number of nitrogens with zero attached hydrogens (tertiary/aromatic N) is 1. The topological polar surface area (TPSA) is 76.1 Å². The SMILES string of the molecule is COc1ccsc1C(=O)N1CCC(OCC(=O)O)CC1. The lowest BCUT2D eigenvalue weighted by Crippen LogP contribution is -2.41. The van der Waals surface area contributed by atoms with E-state index in [0.29, 0.717) is 36.6 Å². The van der Waals surface area contributed by atoms with Crippen molar-refractivity contribution in [2.75, 3.05) is 26.8 Å². The molecule has 2 rings (SSSR count). The van der Waals surface area contributed by atoms with Gasteiger partial charge in [0.15, 0.2) is 0 Å². The maximum absolute atomic E-state index is 12.3. The number of piperidine rings is 1. The van der Waals surface area contributed by atoms with Crippen LogP contribution in [-0.4, -0.2) is 54.8 Å². The summed E-state index contributed by atoms with van der Waals surface area (Å²) in [6.07, 6.45) is 1.24. The highest BCUT2D eigenvalue weighted by Crippen LogP contribution is 2.27. The Kier molecular flexibility index (Phi) is 4.97. The second-order valence-electron chi connectivity index (χ2n) is 4.51. The van der Waals surface area contributed by atoms with Gasteiger partial charge in [-0.25, -0.2) is 4.79 Å². The molecular weight excluding hydrogens is 282 g/mol. The second kappa shape index (κ2) is 6.71. The van der Waals surface area contributed by atoms with Gasteiger partial charge in [-0.15, -0.1) is 11.3 Å². The van der Waals surface area contributed by atoms with E-state index in [4.69, 9.17) is 14.6 Å². The summed E-state index contributed by atoms with van der Waals surface area (Å²) in [4.78, 5) is 25.1. The van der Waals surface area contributed by atoms with Crippen LogP contribution in [-0.2, 0) is 9.53 Å². The molecule has 1 aromatic heterocycles. The van der Waals surface area contributed by atoms with Crippen LogP contribution in [0.15, 0.2) is 11.4 Å². The van der Waals surface area contributed by atoms with Crippen LogP contribution in [0.1, 0.15) is 22.5 Å². The van der Waals surface area contributed by atoms with Crippen molar-refractivity contribution in [3.8, 4) is 5.75 Å². The molecule has 1 N–H and O–H groups in total. The number of aliphatic carboxylic acids is 1. The van der Waals surface area contributed by atoms with Crippen LogP contribution in [0.4, 0.5) is 0 Å². The van der Waals surface area contributed by atoms with Crippen LogP contribution in [0.3, 0.4) is 0 Å². The molecule has 110 valence electrons. The maximum atomic E-state index is 12.3. The predicted octanol–water partition coefficient (Wildman–Crippen LogP) is 1.46. The summed E-state index contributed by atoms with van der Waals surface area (Å²) < 4.78 is 10.4. The van der Waals surface area contributed by atoms with Crippen molar-refractivity contribution in [3.63, 3.8) is 0 Å². The number of carbonyl (C=O) groups is 2. The van der Waals surface area contributed by atoms with Crippen LogP contribution in [0.5, 0.6) is 5.75 Å². The number of rotatable bonds is 5. The average Bonchev–Trinajstić information content (AvgIpc) is 2.93. The minimum atomic E-state index is -0.966. The molecule has 0 aliphatic carbocycles. The molecule has 6 nitrogen and oxygen atoms in total. The monoisotopic (exact) mass is 299 g/mol. The molecule has 0 aromatic carbocycles. The first kappa shape index (κ1) is 14.8. The molecule has 1 saturated heterocycles. The highest BCUT2D eigenvalue weighted by Gasteiger charge is 2.26. The van der Waals surface area contributed by atoms with Crippen LogP contribution in [0.2, 0.25) is 0 Å². The molecule has 1 aromatic rings. The minimum Gasteiger partial charge on any atom is -0.495 e. The summed E-state index contributed by atoms with van der Waals surface area (Å²) in [6.45, 7) is 0.867. The van der Waals surface area contributed by atoms with Crippen LogP contribution < -0.4 is 4.74 Å². The number of likely N-dealkylation sites (tertiary alicyclic amines) is 1. The first-order valence-electron chi connectivity index (χ1n) is 6.36. The predicted molar refractivity (Wildman–Crippen MR) is 73.4 cm³/mol. The van der Waals surface area contributed by atoms with Crippen molar-refractivity contribution in [2.45, 2.75) is 18.9 Å². The van der Waals surface area contributed by atoms with Crippen LogP contribution in [0.25, 0.3) is 0 Å². The van der Waals surface area contributed by atoms with E-state index in [1.807, 2.05) is 5.38 Å². The summed E-state index contributed by atoms with van der Waals surface area (Å²) in [5.41, 5.74) is 0. The molecule has 0 radical (unpaired) electrons. The van der Waals surface area contributed by atoms with Gasteiger partial charge in [-0.05, 0) is 24.3 Å². The third-order valence-electron chi connectivity index (χ3n) is 3.21. The number of ether oxygens (including phenoxy) is 2. The van der Waals surface area contributed by atoms with Crippen molar-refractivity contribution >= 4 is 23.2 Å². The fraction of sp³-hybridized carbons (Fsp3) is 0.538. The molecule has 1 fully saturated rings. The Morgan fingerprint density at radius 3 is 2.75 bits per heavy atom. The summed E-state index contributed by atoms with van der Waals surface area (Å²) in [6, 6.07) is 1.78. The first-order chi connectivity index (χ1) is 9.61. The van der Waals surface area contributed by atoms with Gasteiger partial charge in [0.2, 0.25) is 0 Å². The molecular formula is C13H17NO5S. The fourth-order valence-electron chi connectivity index (χ4n) is 2.17. The Labute approximate surface area is 120 Å². The minimum absolute atomic E-state index is 0.0338. The van der Waals surface area contributed by atoms with Crippen molar-refractivity contribution in [1.82, 2.24) is 4.90 Å². The number of methoxy groups -OCH3 is 1. The van der Waals surface area contributed by atoms with Crippen molar-refractivity contribution < 1.29 is 24.2 Å². The number of thiophene rings is 1. The highest BCUT2D eigenvalue weighted by molar-refractivity contribution is 7.12. The summed E-state index contributed by atoms with van der Waals surface area (Å²) in [5, 5.41) is 10.4. The van der Waals surface area contributed by atoms with E-state index in [1.54, 1.807) is 18.1 Å². The number of carboxylic acids is 1. The number of carbonyl (C=O) groups excluding carboxylic acids is 1. The zero-order chi connectivity index (χ0) is 14.5. The van der Waals surface area contributed by atoms with Crippen molar-refractivity contribution in [3.05, 3.63) is 16.3 Å². The van der Waals surface area contributed by atoms with Gasteiger partial charge < -0.3 is 19.5 Å². The number of hydrogen-bond acceptors (Lipinski definition) is 5. The molecule has 1 amide bonds. The normalized spacial score (nSPS) is 16.1. The van der Waals surface area contributed by atoms with E-state index in [2.05, 4.69) is 0 Å². The van der Waals surface area contributed by atoms with Gasteiger partial charge in [0.05, 0.1) is 13.2 Å². The largest absolute Gasteiger partial charge is 0.495 e. The molecule has 0 saturated carbocycles. The quantitative estimate of drug-likeness (QED) is 0.891. The zero-order valence-electron chi connectivity index (χ0n) is 11.2. The van der Waals surface area contributed by atoms with E-state index in [0.717, 1.165) is 0 Å². The van der Waals surface area contributed by atoms with Gasteiger partial charge in [0, 0.05) is 13.1 Å². The van der Waals surface area contributed by atoms with Gasteiger partial charge in [0.1, 0.15) is 17.2 Å². The van der Waals surface area contributed by atoms with Gasteiger partial charge >= 0.3 is 5.97 Å². The zero-order valence-corrected chi connectivity index (χ0v) is 12.0. The third kappa shape index (κ3) is 3.49. The number of carboxylic acid groups (broad SMARTS) is 1. The lowest BCUT2D eigenvalue weighted by molar-refractivity contribution is -0.145. The molecule has 0 unspecified atom stereocenters. The smallest absolute Gasteiger partial charge is 0.329 e. The van der Waals surface area contributed by atoms with Crippen LogP contribution in [0, 0.1) is 0 Å². The summed E-state index contributed by atoms with van der Waals surface area (Å²) in [5.74, 6) is -0.399. The second-order valence-corrected chi connectivity index (χ2v) is 5.43. The molecule has 0 bridgehead atoms. The average molecular weight is 299 g/mol. The number of hydrogen-bond donors (Lipinski definition) is 1. The summed E-state index contributed by atoms with van der Waals surface area (Å²) >= 11 is 1.37. The molecule has 1 aliphatic heterocycles. The Balaban J connectivity index is 1.87. The Morgan fingerprint density at radius 2 is 2.15 bits per heavy atom. The van der Waals surface area contributed by atoms with Gasteiger partial charge in [-0.3, -0.25) is 4.79 Å². The molecule has 0 atom stereocenters. The Hall–Kier alpha value is -1.60. The molecule has 0 spiro atoms. The van der Waals surface area contributed by atoms with Crippen molar-refractivity contribution in [1.29, 1.82) is 0 Å². The lowest BCUT2D eigenvalue weighted by Gasteiger charge is -2.31. The Morgan fingerprint density at radius 1 is 1.45 bits per heavy atom. The van der Waals surface area contributed by atoms with Gasteiger partial charge in [-0.2, -0.15) is 0 Å². The van der Waals surface area contributed by atoms with Crippen LogP contribution >= 0.6 is 11.3 Å². The van der Waals surface area contributed by atoms with E-state index >= 15 is 0 Å². The standard InChI is InChI=1S/C13H17NO5S/c1-18-10-4-7-20-12(10)13(17)14-5-2-9(3-6-14)19-8-11(15)16/h4,7,9H,2-3,5-6,8H2,1H3,(H,15,16). The highest BCUT2D eigenvalue weighted by atomic mass is 32.1. The van der Waals surface area contributed by atoms with Crippen molar-refractivity contribution in [2.24, 2.45) is 0 Å². The summed E-state index contributed by atoms with van der Waals surface area (Å²) in [7, 11) is 1.55. The van der Waals surface area contributed by atoms with Gasteiger partial charge in [0.25, 0.3) is 5.91 Å². The van der Waals surface area contributed by atoms with E-state index in [-0.39, 0.29) is 18.6 Å². The molecule has 2 heterocycles. The lowest BCUT2D eigenvalue weighted by atomic mass is 10.1. The van der Waals surface area contributed by atoms with E-state index in [1.165, 1.54) is 11.3 Å². The molecule has 7 heteroatoms. The van der Waals surface area contributed by atoms with E-state index in [9.17, 15) is 9.59 Å². The third-order valence-corrected chi connectivity index (χ3v) is 4.10. The fourth-order valence-corrected chi connectivity index (χ4v) is 3.00. The maximum Gasteiger partial charge on any atom is 0.329 e. The molecule has 1 aliphatic rings. The van der Waals surface area contributed by atoms with Gasteiger partial charge in [-0.1, -0.05) is 0 Å². The first-order valence-corrected chi connectivity index (χ1v) is 7.24.